The lowest BCUT2D eigenvalue weighted by atomic mass is 9.86. The second-order valence-electron chi connectivity index (χ2n) is 6.80. The number of ether oxygens (including phenoxy) is 1. The summed E-state index contributed by atoms with van der Waals surface area (Å²) in [7, 11) is 0. The Morgan fingerprint density at radius 3 is 2.67 bits per heavy atom. The van der Waals surface area contributed by atoms with Gasteiger partial charge in [-0.15, -0.1) is 0 Å². The average Bonchev–Trinajstić information content (AvgIpc) is 2.36. The van der Waals surface area contributed by atoms with Crippen LogP contribution in [0.25, 0.3) is 0 Å². The number of rotatable bonds is 1. The molecule has 1 N–H and O–H groups in total. The Kier molecular flexibility index (Phi) is 4.57. The van der Waals surface area contributed by atoms with Gasteiger partial charge in [-0.25, -0.2) is 4.79 Å². The molecule has 1 saturated heterocycles. The molecule has 116 valence electrons. The molecule has 0 spiro atoms. The molecule has 2 atom stereocenters. The van der Waals surface area contributed by atoms with Gasteiger partial charge in [-0.3, -0.25) is 0 Å². The van der Waals surface area contributed by atoms with E-state index in [0.29, 0.717) is 13.1 Å². The molecule has 2 unspecified atom stereocenters. The largest absolute Gasteiger partial charge is 0.444 e. The summed E-state index contributed by atoms with van der Waals surface area (Å²) in [6.45, 7) is 8.53. The van der Waals surface area contributed by atoms with Crippen LogP contribution in [0.5, 0.6) is 0 Å². The fourth-order valence-corrected chi connectivity index (χ4v) is 2.71. The van der Waals surface area contributed by atoms with Gasteiger partial charge in [-0.1, -0.05) is 29.8 Å². The molecule has 4 nitrogen and oxygen atoms in total. The number of nitrogens with zero attached hydrogens (tertiary/aromatic N) is 1. The van der Waals surface area contributed by atoms with Gasteiger partial charge in [0.15, 0.2) is 0 Å². The quantitative estimate of drug-likeness (QED) is 0.865. The molecule has 0 aliphatic carbocycles. The zero-order valence-electron chi connectivity index (χ0n) is 13.3. The number of carbonyl (C=O) groups is 1. The van der Waals surface area contributed by atoms with E-state index in [4.69, 9.17) is 4.74 Å². The third kappa shape index (κ3) is 4.21. The Balaban J connectivity index is 2.01. The summed E-state index contributed by atoms with van der Waals surface area (Å²) in [6, 6.07) is 8.21. The number of hydrogen-bond donors (Lipinski definition) is 1. The average molecular weight is 291 g/mol. The van der Waals surface area contributed by atoms with E-state index >= 15 is 0 Å². The van der Waals surface area contributed by atoms with Crippen molar-refractivity contribution in [3.8, 4) is 0 Å². The number of aryl methyl sites for hydroxylation is 1. The minimum Gasteiger partial charge on any atom is -0.444 e. The Bertz CT molecular complexity index is 507. The van der Waals surface area contributed by atoms with Crippen LogP contribution in [-0.4, -0.2) is 40.9 Å². The Morgan fingerprint density at radius 2 is 2.10 bits per heavy atom. The van der Waals surface area contributed by atoms with Crippen molar-refractivity contribution in [2.24, 2.45) is 0 Å². The van der Waals surface area contributed by atoms with Gasteiger partial charge in [0.05, 0.1) is 12.6 Å². The van der Waals surface area contributed by atoms with Crippen LogP contribution in [-0.2, 0) is 4.74 Å². The standard InChI is InChI=1S/C17H25NO3/c1-12-6-5-7-13(10-12)14-8-9-18(11-15(14)19)16(20)21-17(2,3)4/h5-7,10,14-15,19H,8-9,11H2,1-4H3. The molecule has 1 fully saturated rings. The Hall–Kier alpha value is -1.55. The molecule has 0 bridgehead atoms. The summed E-state index contributed by atoms with van der Waals surface area (Å²) >= 11 is 0. The maximum Gasteiger partial charge on any atom is 0.410 e. The van der Waals surface area contributed by atoms with Crippen molar-refractivity contribution in [2.45, 2.75) is 51.7 Å². The minimum absolute atomic E-state index is 0.0867. The molecule has 0 aromatic heterocycles. The van der Waals surface area contributed by atoms with Crippen molar-refractivity contribution >= 4 is 6.09 Å². The van der Waals surface area contributed by atoms with Crippen LogP contribution in [0.4, 0.5) is 4.79 Å². The van der Waals surface area contributed by atoms with E-state index in [1.807, 2.05) is 45.9 Å². The van der Waals surface area contributed by atoms with Crippen molar-refractivity contribution in [3.05, 3.63) is 35.4 Å². The molecule has 1 heterocycles. The highest BCUT2D eigenvalue weighted by Crippen LogP contribution is 2.29. The third-order valence-corrected chi connectivity index (χ3v) is 3.70. The van der Waals surface area contributed by atoms with Gasteiger partial charge >= 0.3 is 6.09 Å². The molecule has 1 aliphatic rings. The highest BCUT2D eigenvalue weighted by molar-refractivity contribution is 5.68. The van der Waals surface area contributed by atoms with Crippen molar-refractivity contribution in [1.29, 1.82) is 0 Å². The zero-order valence-corrected chi connectivity index (χ0v) is 13.3. The molecule has 21 heavy (non-hydrogen) atoms. The van der Waals surface area contributed by atoms with Crippen molar-refractivity contribution in [2.75, 3.05) is 13.1 Å². The van der Waals surface area contributed by atoms with E-state index in [2.05, 4.69) is 6.07 Å². The van der Waals surface area contributed by atoms with Gasteiger partial charge in [0, 0.05) is 12.5 Å². The number of amides is 1. The summed E-state index contributed by atoms with van der Waals surface area (Å²) in [6.07, 6.45) is -0.138. The first-order valence-corrected chi connectivity index (χ1v) is 7.49. The van der Waals surface area contributed by atoms with E-state index in [9.17, 15) is 9.90 Å². The zero-order chi connectivity index (χ0) is 15.6. The van der Waals surface area contributed by atoms with Gasteiger partial charge in [0.25, 0.3) is 0 Å². The number of β-amino-alcohol motifs (C(OH)–C–C–N with tert-alkyl or cyclic N) is 1. The first-order valence-electron chi connectivity index (χ1n) is 7.49. The third-order valence-electron chi connectivity index (χ3n) is 3.70. The summed E-state index contributed by atoms with van der Waals surface area (Å²) in [5.41, 5.74) is 1.83. The Labute approximate surface area is 126 Å². The lowest BCUT2D eigenvalue weighted by molar-refractivity contribution is -0.00152. The van der Waals surface area contributed by atoms with E-state index in [-0.39, 0.29) is 12.0 Å². The number of aliphatic hydroxyl groups is 1. The van der Waals surface area contributed by atoms with Crippen LogP contribution >= 0.6 is 0 Å². The molecule has 4 heteroatoms. The van der Waals surface area contributed by atoms with Crippen LogP contribution in [0.2, 0.25) is 0 Å². The van der Waals surface area contributed by atoms with Crippen LogP contribution < -0.4 is 0 Å². The summed E-state index contributed by atoms with van der Waals surface area (Å²) in [5.74, 6) is 0.0867. The topological polar surface area (TPSA) is 49.8 Å². The van der Waals surface area contributed by atoms with Crippen LogP contribution in [0.15, 0.2) is 24.3 Å². The highest BCUT2D eigenvalue weighted by Gasteiger charge is 2.33. The number of piperidine rings is 1. The van der Waals surface area contributed by atoms with E-state index < -0.39 is 11.7 Å². The predicted molar refractivity (Wildman–Crippen MR) is 82.4 cm³/mol. The molecular formula is C17H25NO3. The Morgan fingerprint density at radius 1 is 1.38 bits per heavy atom. The minimum atomic E-state index is -0.548. The lowest BCUT2D eigenvalue weighted by Gasteiger charge is -2.37. The van der Waals surface area contributed by atoms with E-state index in [0.717, 1.165) is 12.0 Å². The van der Waals surface area contributed by atoms with Crippen molar-refractivity contribution in [3.63, 3.8) is 0 Å². The number of aliphatic hydroxyl groups excluding tert-OH is 1. The first kappa shape index (κ1) is 15.8. The summed E-state index contributed by atoms with van der Waals surface area (Å²) in [5, 5.41) is 10.4. The molecule has 1 aromatic rings. The van der Waals surface area contributed by atoms with E-state index in [1.165, 1.54) is 5.56 Å². The normalized spacial score (nSPS) is 23.0. The number of likely N-dealkylation sites (tertiary alicyclic amines) is 1. The second kappa shape index (κ2) is 6.06. The van der Waals surface area contributed by atoms with Crippen LogP contribution in [0.3, 0.4) is 0 Å². The summed E-state index contributed by atoms with van der Waals surface area (Å²) < 4.78 is 5.36. The first-order chi connectivity index (χ1) is 9.76. The van der Waals surface area contributed by atoms with Gasteiger partial charge in [0.1, 0.15) is 5.60 Å². The monoisotopic (exact) mass is 291 g/mol. The van der Waals surface area contributed by atoms with Crippen molar-refractivity contribution in [1.82, 2.24) is 4.90 Å². The van der Waals surface area contributed by atoms with Gasteiger partial charge in [-0.2, -0.15) is 0 Å². The maximum atomic E-state index is 12.0. The smallest absolute Gasteiger partial charge is 0.410 e. The highest BCUT2D eigenvalue weighted by atomic mass is 16.6. The molecular weight excluding hydrogens is 266 g/mol. The molecule has 2 rings (SSSR count). The summed E-state index contributed by atoms with van der Waals surface area (Å²) in [4.78, 5) is 13.6. The predicted octanol–water partition coefficient (Wildman–Crippen LogP) is 3.08. The maximum absolute atomic E-state index is 12.0. The van der Waals surface area contributed by atoms with Crippen LogP contribution in [0.1, 0.15) is 44.2 Å². The fraction of sp³-hybridized carbons (Fsp3) is 0.588. The SMILES string of the molecule is Cc1cccc(C2CCN(C(=O)OC(C)(C)C)CC2O)c1. The number of carbonyl (C=O) groups excluding carboxylic acids is 1. The molecule has 0 radical (unpaired) electrons. The molecule has 1 aliphatic heterocycles. The molecule has 0 saturated carbocycles. The number of hydrogen-bond acceptors (Lipinski definition) is 3. The lowest BCUT2D eigenvalue weighted by Crippen LogP contribution is -2.47. The second-order valence-corrected chi connectivity index (χ2v) is 6.80. The van der Waals surface area contributed by atoms with Gasteiger partial charge < -0.3 is 14.7 Å². The van der Waals surface area contributed by atoms with Gasteiger partial charge in [0.2, 0.25) is 0 Å². The van der Waals surface area contributed by atoms with E-state index in [1.54, 1.807) is 4.90 Å². The van der Waals surface area contributed by atoms with Crippen LogP contribution in [0, 0.1) is 6.92 Å². The molecule has 1 aromatic carbocycles. The fourth-order valence-electron chi connectivity index (χ4n) is 2.71. The van der Waals surface area contributed by atoms with Crippen molar-refractivity contribution < 1.29 is 14.6 Å². The number of benzene rings is 1. The van der Waals surface area contributed by atoms with Gasteiger partial charge in [-0.05, 0) is 39.7 Å². The molecule has 1 amide bonds.